The zero-order chi connectivity index (χ0) is 21.8. The highest BCUT2D eigenvalue weighted by atomic mass is 79.9. The molecule has 3 aromatic carbocycles. The number of hydrogen-bond acceptors (Lipinski definition) is 4. The van der Waals surface area contributed by atoms with Crippen LogP contribution in [0.5, 0.6) is 5.75 Å². The number of halogens is 1. The van der Waals surface area contributed by atoms with E-state index in [1.807, 2.05) is 30.3 Å². The van der Waals surface area contributed by atoms with Crippen LogP contribution in [0.15, 0.2) is 88.9 Å². The SMILES string of the molecule is O=C1NC(=O)N(c2ccc(Br)cc2)C(=O)/C1=C\c1cccc(OCc2ccccc2)c1. The molecule has 4 amide bonds. The van der Waals surface area contributed by atoms with Gasteiger partial charge in [0.1, 0.15) is 17.9 Å². The van der Waals surface area contributed by atoms with Crippen LogP contribution in [0.4, 0.5) is 10.5 Å². The van der Waals surface area contributed by atoms with Crippen LogP contribution < -0.4 is 15.0 Å². The predicted molar refractivity (Wildman–Crippen MR) is 120 cm³/mol. The molecule has 4 rings (SSSR count). The van der Waals surface area contributed by atoms with E-state index in [2.05, 4.69) is 21.2 Å². The summed E-state index contributed by atoms with van der Waals surface area (Å²) in [7, 11) is 0. The molecular weight excluding hydrogens is 460 g/mol. The Morgan fingerprint density at radius 1 is 0.903 bits per heavy atom. The molecule has 6 nitrogen and oxygen atoms in total. The minimum Gasteiger partial charge on any atom is -0.489 e. The number of nitrogens with zero attached hydrogens (tertiary/aromatic N) is 1. The molecular formula is C24H17BrN2O4. The maximum atomic E-state index is 13.0. The van der Waals surface area contributed by atoms with E-state index in [0.29, 0.717) is 23.6 Å². The lowest BCUT2D eigenvalue weighted by molar-refractivity contribution is -0.122. The Hall–Kier alpha value is -3.71. The zero-order valence-corrected chi connectivity index (χ0v) is 17.8. The summed E-state index contributed by atoms with van der Waals surface area (Å²) < 4.78 is 6.62. The van der Waals surface area contributed by atoms with Crippen molar-refractivity contribution in [3.8, 4) is 5.75 Å². The molecule has 1 fully saturated rings. The number of rotatable bonds is 5. The van der Waals surface area contributed by atoms with Gasteiger partial charge in [-0.05, 0) is 53.6 Å². The molecule has 0 bridgehead atoms. The molecule has 0 unspecified atom stereocenters. The first kappa shape index (κ1) is 20.6. The van der Waals surface area contributed by atoms with Gasteiger partial charge < -0.3 is 4.74 Å². The third-order valence-electron chi connectivity index (χ3n) is 4.60. The summed E-state index contributed by atoms with van der Waals surface area (Å²) in [6.07, 6.45) is 1.45. The second-order valence-corrected chi connectivity index (χ2v) is 7.70. The summed E-state index contributed by atoms with van der Waals surface area (Å²) in [5.74, 6) is -0.826. The number of benzene rings is 3. The fourth-order valence-corrected chi connectivity index (χ4v) is 3.35. The highest BCUT2D eigenvalue weighted by Crippen LogP contribution is 2.24. The number of nitrogens with one attached hydrogen (secondary N) is 1. The van der Waals surface area contributed by atoms with Crippen LogP contribution in [-0.4, -0.2) is 17.8 Å². The smallest absolute Gasteiger partial charge is 0.335 e. The largest absolute Gasteiger partial charge is 0.489 e. The number of urea groups is 1. The van der Waals surface area contributed by atoms with Crippen LogP contribution in [0, 0.1) is 0 Å². The minimum absolute atomic E-state index is 0.136. The molecule has 1 saturated heterocycles. The molecule has 1 aliphatic rings. The Morgan fingerprint density at radius 3 is 2.39 bits per heavy atom. The third-order valence-corrected chi connectivity index (χ3v) is 5.13. The van der Waals surface area contributed by atoms with Crippen LogP contribution in [-0.2, 0) is 16.2 Å². The summed E-state index contributed by atoms with van der Waals surface area (Å²) >= 11 is 3.32. The number of amides is 4. The molecule has 0 radical (unpaired) electrons. The number of carbonyl (C=O) groups excluding carboxylic acids is 3. The van der Waals surface area contributed by atoms with E-state index in [4.69, 9.17) is 4.74 Å². The van der Waals surface area contributed by atoms with E-state index in [-0.39, 0.29) is 5.57 Å². The molecule has 1 N–H and O–H groups in total. The van der Waals surface area contributed by atoms with Gasteiger partial charge in [0.15, 0.2) is 0 Å². The van der Waals surface area contributed by atoms with Crippen LogP contribution >= 0.6 is 15.9 Å². The number of hydrogen-bond donors (Lipinski definition) is 1. The molecule has 7 heteroatoms. The highest BCUT2D eigenvalue weighted by Gasteiger charge is 2.36. The highest BCUT2D eigenvalue weighted by molar-refractivity contribution is 9.10. The molecule has 0 saturated carbocycles. The van der Waals surface area contributed by atoms with Crippen molar-refractivity contribution in [2.75, 3.05) is 4.90 Å². The van der Waals surface area contributed by atoms with E-state index in [1.165, 1.54) is 6.08 Å². The average Bonchev–Trinajstić information content (AvgIpc) is 2.77. The molecule has 1 heterocycles. The van der Waals surface area contributed by atoms with Crippen molar-refractivity contribution < 1.29 is 19.1 Å². The number of ether oxygens (including phenoxy) is 1. The molecule has 0 aliphatic carbocycles. The Kier molecular flexibility index (Phi) is 5.95. The van der Waals surface area contributed by atoms with Crippen molar-refractivity contribution in [2.45, 2.75) is 6.61 Å². The molecule has 31 heavy (non-hydrogen) atoms. The van der Waals surface area contributed by atoms with Gasteiger partial charge in [-0.25, -0.2) is 9.69 Å². The lowest BCUT2D eigenvalue weighted by Crippen LogP contribution is -2.54. The number of barbiturate groups is 1. The molecule has 0 spiro atoms. The summed E-state index contributed by atoms with van der Waals surface area (Å²) in [6.45, 7) is 0.395. The van der Waals surface area contributed by atoms with Gasteiger partial charge in [0.25, 0.3) is 11.8 Å². The Morgan fingerprint density at radius 2 is 1.65 bits per heavy atom. The standard InChI is InChI=1S/C24H17BrN2O4/c25-18-9-11-19(12-10-18)27-23(29)21(22(28)26-24(27)30)14-17-7-4-8-20(13-17)31-15-16-5-2-1-3-6-16/h1-14H,15H2,(H,26,28,30)/b21-14-. The summed E-state index contributed by atoms with van der Waals surface area (Å²) in [5.41, 5.74) is 1.86. The van der Waals surface area contributed by atoms with E-state index in [0.717, 1.165) is 14.9 Å². The van der Waals surface area contributed by atoms with Gasteiger partial charge in [0, 0.05) is 4.47 Å². The fraction of sp³-hybridized carbons (Fsp3) is 0.0417. The Labute approximate surface area is 187 Å². The second kappa shape index (κ2) is 8.97. The monoisotopic (exact) mass is 476 g/mol. The van der Waals surface area contributed by atoms with E-state index in [9.17, 15) is 14.4 Å². The van der Waals surface area contributed by atoms with Crippen molar-refractivity contribution in [1.29, 1.82) is 0 Å². The maximum absolute atomic E-state index is 13.0. The van der Waals surface area contributed by atoms with Crippen LogP contribution in [0.1, 0.15) is 11.1 Å². The van der Waals surface area contributed by atoms with Gasteiger partial charge in [-0.1, -0.05) is 58.4 Å². The first-order chi connectivity index (χ1) is 15.0. The fourth-order valence-electron chi connectivity index (χ4n) is 3.08. The first-order valence-electron chi connectivity index (χ1n) is 9.45. The van der Waals surface area contributed by atoms with Crippen LogP contribution in [0.2, 0.25) is 0 Å². The summed E-state index contributed by atoms with van der Waals surface area (Å²) in [5, 5.41) is 2.22. The lowest BCUT2D eigenvalue weighted by Gasteiger charge is -2.26. The molecule has 154 valence electrons. The zero-order valence-electron chi connectivity index (χ0n) is 16.2. The van der Waals surface area contributed by atoms with Gasteiger partial charge in [-0.2, -0.15) is 0 Å². The number of anilines is 1. The topological polar surface area (TPSA) is 75.7 Å². The summed E-state index contributed by atoms with van der Waals surface area (Å²) in [6, 6.07) is 22.7. The van der Waals surface area contributed by atoms with E-state index in [1.54, 1.807) is 48.5 Å². The van der Waals surface area contributed by atoms with Gasteiger partial charge >= 0.3 is 6.03 Å². The predicted octanol–water partition coefficient (Wildman–Crippen LogP) is 4.69. The Balaban J connectivity index is 1.58. The molecule has 0 atom stereocenters. The van der Waals surface area contributed by atoms with E-state index >= 15 is 0 Å². The normalized spacial score (nSPS) is 15.2. The lowest BCUT2D eigenvalue weighted by atomic mass is 10.1. The average molecular weight is 477 g/mol. The van der Waals surface area contributed by atoms with Gasteiger partial charge in [0.05, 0.1) is 5.69 Å². The van der Waals surface area contributed by atoms with E-state index < -0.39 is 17.8 Å². The quantitative estimate of drug-likeness (QED) is 0.427. The number of imide groups is 2. The van der Waals surface area contributed by atoms with Gasteiger partial charge in [-0.3, -0.25) is 14.9 Å². The van der Waals surface area contributed by atoms with Crippen molar-refractivity contribution in [1.82, 2.24) is 5.32 Å². The Bertz CT molecular complexity index is 1170. The number of carbonyl (C=O) groups is 3. The van der Waals surface area contributed by atoms with Crippen molar-refractivity contribution in [3.63, 3.8) is 0 Å². The van der Waals surface area contributed by atoms with Crippen LogP contribution in [0.25, 0.3) is 6.08 Å². The minimum atomic E-state index is -0.783. The van der Waals surface area contributed by atoms with Gasteiger partial charge in [-0.15, -0.1) is 0 Å². The molecule has 3 aromatic rings. The van der Waals surface area contributed by atoms with Gasteiger partial charge in [0.2, 0.25) is 0 Å². The van der Waals surface area contributed by atoms with Crippen molar-refractivity contribution in [2.24, 2.45) is 0 Å². The molecule has 1 aliphatic heterocycles. The first-order valence-corrected chi connectivity index (χ1v) is 10.2. The molecule has 0 aromatic heterocycles. The third kappa shape index (κ3) is 4.73. The maximum Gasteiger partial charge on any atom is 0.335 e. The summed E-state index contributed by atoms with van der Waals surface area (Å²) in [4.78, 5) is 38.6. The second-order valence-electron chi connectivity index (χ2n) is 6.78. The van der Waals surface area contributed by atoms with Crippen LogP contribution in [0.3, 0.4) is 0 Å². The van der Waals surface area contributed by atoms with Crippen molar-refractivity contribution >= 4 is 45.5 Å². The van der Waals surface area contributed by atoms with Crippen molar-refractivity contribution in [3.05, 3.63) is 100 Å².